The van der Waals surface area contributed by atoms with Crippen LogP contribution in [-0.4, -0.2) is 0 Å². The maximum absolute atomic E-state index is 6.68. The van der Waals surface area contributed by atoms with Crippen molar-refractivity contribution in [3.8, 4) is 33.8 Å². The molecule has 0 saturated heterocycles. The molecule has 2 unspecified atom stereocenters. The van der Waals surface area contributed by atoms with Crippen molar-refractivity contribution in [3.05, 3.63) is 256 Å². The molecule has 8 aromatic rings. The van der Waals surface area contributed by atoms with Crippen LogP contribution in [0.25, 0.3) is 33.9 Å². The SMILES string of the molecule is C1=CC(/C=C/c2ccc3c(c2)-c2ccccc2C32c3ccccc3-c3ccccc32)CC2=C1C1(c3ccccc32)c2ccccc2N2c3ccccc3Oc3cccc1c32. The van der Waals surface area contributed by atoms with E-state index in [2.05, 4.69) is 211 Å². The molecule has 60 heavy (non-hydrogen) atoms. The van der Waals surface area contributed by atoms with Gasteiger partial charge in [-0.3, -0.25) is 0 Å². The van der Waals surface area contributed by atoms with Crippen LogP contribution in [0.1, 0.15) is 56.5 Å². The second-order valence-electron chi connectivity index (χ2n) is 17.0. The van der Waals surface area contributed by atoms with Crippen LogP contribution < -0.4 is 9.64 Å². The Morgan fingerprint density at radius 3 is 1.75 bits per heavy atom. The molecule has 0 saturated carbocycles. The van der Waals surface area contributed by atoms with Crippen molar-refractivity contribution in [2.45, 2.75) is 17.3 Å². The van der Waals surface area contributed by atoms with Crippen molar-refractivity contribution in [1.82, 2.24) is 0 Å². The van der Waals surface area contributed by atoms with Crippen LogP contribution in [0, 0.1) is 5.92 Å². The van der Waals surface area contributed by atoms with Crippen LogP contribution >= 0.6 is 0 Å². The van der Waals surface area contributed by atoms with Gasteiger partial charge in [-0.2, -0.15) is 0 Å². The minimum atomic E-state index is -0.466. The molecule has 2 atom stereocenters. The molecule has 14 rings (SSSR count). The molecule has 2 heterocycles. The van der Waals surface area contributed by atoms with Crippen molar-refractivity contribution in [2.75, 3.05) is 4.90 Å². The first-order valence-electron chi connectivity index (χ1n) is 21.2. The Kier molecular flexibility index (Phi) is 6.30. The largest absolute Gasteiger partial charge is 0.453 e. The van der Waals surface area contributed by atoms with Crippen molar-refractivity contribution in [3.63, 3.8) is 0 Å². The number of benzene rings is 8. The third-order valence-corrected chi connectivity index (χ3v) is 14.4. The van der Waals surface area contributed by atoms with Crippen molar-refractivity contribution < 1.29 is 4.74 Å². The standard InChI is InChI=1S/C58H37NO/c1-5-18-44-38(14-1)39-15-2-6-19-45(39)57(44)46-20-7-3-16-40(46)42-34-36(30-32-48(42)57)28-29-37-31-33-49-43(35-37)41-17-4-8-21-47(41)58(49)50-22-9-10-24-52(50)59-53-25-11-12-26-54(53)60-55-27-13-23-51(58)56(55)59/h1-34,37H,35H2/b29-28+. The normalized spacial score (nSPS) is 19.5. The Morgan fingerprint density at radius 1 is 0.467 bits per heavy atom. The predicted molar refractivity (Wildman–Crippen MR) is 243 cm³/mol. The van der Waals surface area contributed by atoms with Crippen LogP contribution in [0.3, 0.4) is 0 Å². The molecular weight excluding hydrogens is 727 g/mol. The highest BCUT2D eigenvalue weighted by Gasteiger charge is 2.55. The first-order chi connectivity index (χ1) is 29.8. The maximum Gasteiger partial charge on any atom is 0.151 e. The van der Waals surface area contributed by atoms with Crippen LogP contribution in [0.4, 0.5) is 17.1 Å². The lowest BCUT2D eigenvalue weighted by Gasteiger charge is -2.47. The van der Waals surface area contributed by atoms with E-state index in [0.717, 1.165) is 29.3 Å². The van der Waals surface area contributed by atoms with Gasteiger partial charge in [0.15, 0.2) is 11.5 Å². The zero-order chi connectivity index (χ0) is 39.2. The molecular formula is C58H37NO. The number of allylic oxidation sites excluding steroid dienone is 5. The van der Waals surface area contributed by atoms with E-state index in [-0.39, 0.29) is 11.3 Å². The molecule has 2 heteroatoms. The lowest BCUT2D eigenvalue weighted by molar-refractivity contribution is 0.473. The van der Waals surface area contributed by atoms with E-state index in [1.54, 1.807) is 0 Å². The summed E-state index contributed by atoms with van der Waals surface area (Å²) in [6.45, 7) is 0. The second-order valence-corrected chi connectivity index (χ2v) is 17.0. The van der Waals surface area contributed by atoms with Gasteiger partial charge in [0.1, 0.15) is 0 Å². The van der Waals surface area contributed by atoms with E-state index in [1.807, 2.05) is 0 Å². The van der Waals surface area contributed by atoms with Gasteiger partial charge in [-0.1, -0.05) is 176 Å². The van der Waals surface area contributed by atoms with E-state index in [1.165, 1.54) is 89.2 Å². The van der Waals surface area contributed by atoms with Crippen LogP contribution in [-0.2, 0) is 10.8 Å². The van der Waals surface area contributed by atoms with Crippen LogP contribution in [0.2, 0.25) is 0 Å². The van der Waals surface area contributed by atoms with Crippen LogP contribution in [0.15, 0.2) is 206 Å². The van der Waals surface area contributed by atoms with Crippen molar-refractivity contribution in [1.29, 1.82) is 0 Å². The van der Waals surface area contributed by atoms with E-state index in [0.29, 0.717) is 0 Å². The number of fused-ring (bicyclic) bond motifs is 20. The van der Waals surface area contributed by atoms with Gasteiger partial charge in [-0.15, -0.1) is 0 Å². The number of hydrogen-bond donors (Lipinski definition) is 0. The minimum absolute atomic E-state index is 0.252. The first-order valence-corrected chi connectivity index (χ1v) is 21.2. The highest BCUT2D eigenvalue weighted by Crippen LogP contribution is 2.68. The van der Waals surface area contributed by atoms with E-state index < -0.39 is 5.41 Å². The highest BCUT2D eigenvalue weighted by molar-refractivity contribution is 6.00. The molecule has 0 bridgehead atoms. The molecule has 6 aliphatic rings. The summed E-state index contributed by atoms with van der Waals surface area (Å²) in [5, 5.41) is 0. The lowest BCUT2D eigenvalue weighted by Crippen LogP contribution is -2.37. The van der Waals surface area contributed by atoms with Crippen molar-refractivity contribution >= 4 is 28.7 Å². The van der Waals surface area contributed by atoms with Gasteiger partial charge in [0.2, 0.25) is 0 Å². The number of ether oxygens (including phenoxy) is 1. The van der Waals surface area contributed by atoms with Gasteiger partial charge in [0, 0.05) is 0 Å². The highest BCUT2D eigenvalue weighted by atomic mass is 16.5. The monoisotopic (exact) mass is 763 g/mol. The molecule has 0 aromatic heterocycles. The van der Waals surface area contributed by atoms with Gasteiger partial charge in [-0.05, 0) is 126 Å². The fraction of sp³-hybridized carbons (Fsp3) is 0.0690. The van der Waals surface area contributed by atoms with Gasteiger partial charge in [0.05, 0.1) is 27.9 Å². The molecule has 4 aliphatic carbocycles. The van der Waals surface area contributed by atoms with Gasteiger partial charge in [0.25, 0.3) is 0 Å². The number of nitrogens with zero attached hydrogens (tertiary/aromatic N) is 1. The summed E-state index contributed by atoms with van der Waals surface area (Å²) in [6.07, 6.45) is 10.6. The molecule has 2 spiro atoms. The topological polar surface area (TPSA) is 12.5 Å². The molecule has 0 N–H and O–H groups in total. The summed E-state index contributed by atoms with van der Waals surface area (Å²) in [7, 11) is 0. The Morgan fingerprint density at radius 2 is 1.02 bits per heavy atom. The first kappa shape index (κ1) is 32.5. The Balaban J connectivity index is 0.878. The Bertz CT molecular complexity index is 3260. The summed E-state index contributed by atoms with van der Waals surface area (Å²) in [6, 6.07) is 67.6. The molecule has 0 fully saturated rings. The number of anilines is 3. The van der Waals surface area contributed by atoms with Gasteiger partial charge < -0.3 is 9.64 Å². The Labute approximate surface area is 349 Å². The summed E-state index contributed by atoms with van der Waals surface area (Å²) in [5.74, 6) is 2.03. The third-order valence-electron chi connectivity index (χ3n) is 14.4. The molecule has 2 aliphatic heterocycles. The molecule has 280 valence electrons. The summed E-state index contributed by atoms with van der Waals surface area (Å²) >= 11 is 0. The molecule has 2 nitrogen and oxygen atoms in total. The Hall–Kier alpha value is -7.42. The fourth-order valence-electron chi connectivity index (χ4n) is 12.2. The van der Waals surface area contributed by atoms with Crippen molar-refractivity contribution in [2.24, 2.45) is 5.92 Å². The summed E-state index contributed by atoms with van der Waals surface area (Å²) in [5.41, 5.74) is 22.8. The van der Waals surface area contributed by atoms with Crippen LogP contribution in [0.5, 0.6) is 11.5 Å². The van der Waals surface area contributed by atoms with E-state index in [4.69, 9.17) is 4.74 Å². The zero-order valence-corrected chi connectivity index (χ0v) is 32.8. The number of hydrogen-bond acceptors (Lipinski definition) is 2. The third kappa shape index (κ3) is 3.86. The lowest BCUT2D eigenvalue weighted by atomic mass is 9.63. The zero-order valence-electron chi connectivity index (χ0n) is 32.8. The smallest absolute Gasteiger partial charge is 0.151 e. The van der Waals surface area contributed by atoms with E-state index >= 15 is 0 Å². The van der Waals surface area contributed by atoms with E-state index in [9.17, 15) is 0 Å². The average Bonchev–Trinajstić information content (AvgIpc) is 3.89. The second kappa shape index (κ2) is 11.6. The fourth-order valence-corrected chi connectivity index (χ4v) is 12.2. The molecule has 8 aromatic carbocycles. The summed E-state index contributed by atoms with van der Waals surface area (Å²) < 4.78 is 6.68. The van der Waals surface area contributed by atoms with Gasteiger partial charge in [-0.25, -0.2) is 0 Å². The minimum Gasteiger partial charge on any atom is -0.453 e. The molecule has 0 radical (unpaired) electrons. The maximum atomic E-state index is 6.68. The number of para-hydroxylation sites is 4. The number of rotatable bonds is 2. The quantitative estimate of drug-likeness (QED) is 0.174. The molecule has 0 amide bonds. The van der Waals surface area contributed by atoms with Gasteiger partial charge >= 0.3 is 0 Å². The predicted octanol–water partition coefficient (Wildman–Crippen LogP) is 14.3. The average molecular weight is 764 g/mol. The summed E-state index contributed by atoms with van der Waals surface area (Å²) in [4.78, 5) is 2.43.